The van der Waals surface area contributed by atoms with E-state index in [4.69, 9.17) is 10.5 Å². The van der Waals surface area contributed by atoms with Gasteiger partial charge in [-0.3, -0.25) is 0 Å². The van der Waals surface area contributed by atoms with Crippen molar-refractivity contribution in [3.8, 4) is 11.8 Å². The Labute approximate surface area is 125 Å². The van der Waals surface area contributed by atoms with Crippen molar-refractivity contribution in [3.63, 3.8) is 0 Å². The molecule has 1 aliphatic heterocycles. The van der Waals surface area contributed by atoms with E-state index in [1.54, 1.807) is 18.2 Å². The number of benzene rings is 1. The molecule has 0 aliphatic carbocycles. The molecule has 0 radical (unpaired) electrons. The monoisotopic (exact) mass is 308 g/mol. The van der Waals surface area contributed by atoms with Crippen molar-refractivity contribution < 1.29 is 13.2 Å². The van der Waals surface area contributed by atoms with Crippen LogP contribution in [0.2, 0.25) is 0 Å². The first-order valence-corrected chi connectivity index (χ1v) is 8.41. The van der Waals surface area contributed by atoms with E-state index in [0.29, 0.717) is 26.1 Å². The average Bonchev–Trinajstić information content (AvgIpc) is 2.46. The first-order chi connectivity index (χ1) is 10.0. The normalized spacial score (nSPS) is 16.3. The molecule has 0 bridgehead atoms. The molecule has 1 aliphatic rings. The van der Waals surface area contributed by atoms with Crippen LogP contribution in [0.25, 0.3) is 0 Å². The van der Waals surface area contributed by atoms with Gasteiger partial charge in [-0.05, 0) is 43.5 Å². The summed E-state index contributed by atoms with van der Waals surface area (Å²) in [6, 6.07) is 4.88. The minimum atomic E-state index is -3.50. The van der Waals surface area contributed by atoms with E-state index in [1.807, 2.05) is 6.92 Å². The fraction of sp³-hybridized carbons (Fsp3) is 0.467. The summed E-state index contributed by atoms with van der Waals surface area (Å²) in [6.07, 6.45) is 1.41. The second-order valence-corrected chi connectivity index (χ2v) is 6.70. The highest BCUT2D eigenvalue weighted by Crippen LogP contribution is 2.17. The lowest BCUT2D eigenvalue weighted by Crippen LogP contribution is -2.38. The van der Waals surface area contributed by atoms with Gasteiger partial charge in [-0.15, -0.1) is 0 Å². The zero-order valence-corrected chi connectivity index (χ0v) is 12.9. The maximum Gasteiger partial charge on any atom is 0.240 e. The van der Waals surface area contributed by atoms with E-state index in [0.717, 1.165) is 11.1 Å². The summed E-state index contributed by atoms with van der Waals surface area (Å²) in [4.78, 5) is 0.268. The lowest BCUT2D eigenvalue weighted by atomic mass is 10.1. The molecule has 5 nitrogen and oxygen atoms in total. The zero-order chi connectivity index (χ0) is 15.3. The summed E-state index contributed by atoms with van der Waals surface area (Å²) in [5.74, 6) is 5.69. The Morgan fingerprint density at radius 3 is 2.71 bits per heavy atom. The number of hydrogen-bond donors (Lipinski definition) is 2. The fourth-order valence-corrected chi connectivity index (χ4v) is 3.58. The molecule has 3 N–H and O–H groups in total. The Morgan fingerprint density at radius 1 is 1.38 bits per heavy atom. The van der Waals surface area contributed by atoms with E-state index in [9.17, 15) is 8.42 Å². The van der Waals surface area contributed by atoms with Gasteiger partial charge in [0.2, 0.25) is 10.0 Å². The van der Waals surface area contributed by atoms with E-state index >= 15 is 0 Å². The SMILES string of the molecule is Cc1cc(S(=O)(=O)NC2CCOCC2)ccc1C#CCN. The van der Waals surface area contributed by atoms with Gasteiger partial charge in [0.05, 0.1) is 11.4 Å². The van der Waals surface area contributed by atoms with Gasteiger partial charge in [0, 0.05) is 24.8 Å². The van der Waals surface area contributed by atoms with Crippen molar-refractivity contribution >= 4 is 10.0 Å². The molecule has 21 heavy (non-hydrogen) atoms. The standard InChI is InChI=1S/C15H20N2O3S/c1-12-11-15(5-4-13(12)3-2-8-16)21(18,19)17-14-6-9-20-10-7-14/h4-5,11,14,17H,6-10,16H2,1H3. The summed E-state index contributed by atoms with van der Waals surface area (Å²) in [5.41, 5.74) is 6.96. The summed E-state index contributed by atoms with van der Waals surface area (Å²) >= 11 is 0. The third-order valence-electron chi connectivity index (χ3n) is 3.38. The van der Waals surface area contributed by atoms with Gasteiger partial charge in [-0.1, -0.05) is 11.8 Å². The van der Waals surface area contributed by atoms with Gasteiger partial charge in [0.25, 0.3) is 0 Å². The second kappa shape index (κ2) is 7.05. The highest BCUT2D eigenvalue weighted by atomic mass is 32.2. The van der Waals surface area contributed by atoms with E-state index in [1.165, 1.54) is 0 Å². The van der Waals surface area contributed by atoms with Crippen LogP contribution in [0, 0.1) is 18.8 Å². The van der Waals surface area contributed by atoms with Crippen LogP contribution in [-0.4, -0.2) is 34.2 Å². The highest BCUT2D eigenvalue weighted by molar-refractivity contribution is 7.89. The predicted molar refractivity (Wildman–Crippen MR) is 81.3 cm³/mol. The van der Waals surface area contributed by atoms with Crippen LogP contribution in [0.1, 0.15) is 24.0 Å². The minimum Gasteiger partial charge on any atom is -0.381 e. The Balaban J connectivity index is 2.18. The summed E-state index contributed by atoms with van der Waals surface area (Å²) in [5, 5.41) is 0. The zero-order valence-electron chi connectivity index (χ0n) is 12.1. The molecule has 1 saturated heterocycles. The molecule has 1 aromatic rings. The van der Waals surface area contributed by atoms with Crippen molar-refractivity contribution in [2.75, 3.05) is 19.8 Å². The second-order valence-electron chi connectivity index (χ2n) is 4.99. The number of rotatable bonds is 3. The number of hydrogen-bond acceptors (Lipinski definition) is 4. The molecule has 0 amide bonds. The third kappa shape index (κ3) is 4.29. The fourth-order valence-electron chi connectivity index (χ4n) is 2.19. The molecule has 0 saturated carbocycles. The lowest BCUT2D eigenvalue weighted by molar-refractivity contribution is 0.0832. The quantitative estimate of drug-likeness (QED) is 0.808. The topological polar surface area (TPSA) is 81.4 Å². The Morgan fingerprint density at radius 2 is 2.10 bits per heavy atom. The van der Waals surface area contributed by atoms with Crippen molar-refractivity contribution in [1.82, 2.24) is 4.72 Å². The molecule has 1 fully saturated rings. The molecule has 6 heteroatoms. The maximum atomic E-state index is 12.4. The summed E-state index contributed by atoms with van der Waals surface area (Å²) in [6.45, 7) is 3.32. The van der Waals surface area contributed by atoms with Crippen LogP contribution in [0.15, 0.2) is 23.1 Å². The van der Waals surface area contributed by atoms with Crippen molar-refractivity contribution in [2.45, 2.75) is 30.7 Å². The van der Waals surface area contributed by atoms with Crippen LogP contribution in [0.3, 0.4) is 0 Å². The van der Waals surface area contributed by atoms with Crippen LogP contribution < -0.4 is 10.5 Å². The Bertz CT molecular complexity index is 653. The molecule has 0 spiro atoms. The number of aryl methyl sites for hydroxylation is 1. The molecular formula is C15H20N2O3S. The van der Waals surface area contributed by atoms with Gasteiger partial charge in [-0.2, -0.15) is 0 Å². The largest absolute Gasteiger partial charge is 0.381 e. The number of nitrogens with one attached hydrogen (secondary N) is 1. The molecule has 0 aromatic heterocycles. The molecule has 1 heterocycles. The van der Waals surface area contributed by atoms with Crippen LogP contribution in [0.5, 0.6) is 0 Å². The van der Waals surface area contributed by atoms with Gasteiger partial charge in [0.15, 0.2) is 0 Å². The molecule has 114 valence electrons. The lowest BCUT2D eigenvalue weighted by Gasteiger charge is -2.23. The average molecular weight is 308 g/mol. The summed E-state index contributed by atoms with van der Waals surface area (Å²) < 4.78 is 32.7. The first-order valence-electron chi connectivity index (χ1n) is 6.92. The van der Waals surface area contributed by atoms with Crippen molar-refractivity contribution in [3.05, 3.63) is 29.3 Å². The van der Waals surface area contributed by atoms with Gasteiger partial charge in [0.1, 0.15) is 0 Å². The number of nitrogens with two attached hydrogens (primary N) is 1. The van der Waals surface area contributed by atoms with Gasteiger partial charge < -0.3 is 10.5 Å². The Kier molecular flexibility index (Phi) is 5.37. The molecular weight excluding hydrogens is 288 g/mol. The molecule has 0 atom stereocenters. The molecule has 2 rings (SSSR count). The maximum absolute atomic E-state index is 12.4. The van der Waals surface area contributed by atoms with Crippen molar-refractivity contribution in [2.24, 2.45) is 5.73 Å². The minimum absolute atomic E-state index is 0.0548. The van der Waals surface area contributed by atoms with E-state index < -0.39 is 10.0 Å². The predicted octanol–water partition coefficient (Wildman–Crippen LogP) is 0.763. The van der Waals surface area contributed by atoms with Gasteiger partial charge in [-0.25, -0.2) is 13.1 Å². The number of ether oxygens (including phenoxy) is 1. The van der Waals surface area contributed by atoms with Crippen LogP contribution in [-0.2, 0) is 14.8 Å². The molecule has 1 aromatic carbocycles. The van der Waals surface area contributed by atoms with E-state index in [-0.39, 0.29) is 17.5 Å². The van der Waals surface area contributed by atoms with Gasteiger partial charge >= 0.3 is 0 Å². The first kappa shape index (κ1) is 16.0. The smallest absolute Gasteiger partial charge is 0.240 e. The van der Waals surface area contributed by atoms with Crippen LogP contribution >= 0.6 is 0 Å². The number of sulfonamides is 1. The van der Waals surface area contributed by atoms with E-state index in [2.05, 4.69) is 16.6 Å². The summed E-state index contributed by atoms with van der Waals surface area (Å²) in [7, 11) is -3.50. The highest BCUT2D eigenvalue weighted by Gasteiger charge is 2.22. The Hall–Kier alpha value is -1.39. The van der Waals surface area contributed by atoms with Crippen LogP contribution in [0.4, 0.5) is 0 Å². The van der Waals surface area contributed by atoms with Crippen molar-refractivity contribution in [1.29, 1.82) is 0 Å². The molecule has 0 unspecified atom stereocenters. The third-order valence-corrected chi connectivity index (χ3v) is 4.89.